The number of halogens is 4. The molecule has 0 aliphatic heterocycles. The third kappa shape index (κ3) is 5.70. The van der Waals surface area contributed by atoms with Gasteiger partial charge >= 0.3 is 12.3 Å². The second kappa shape index (κ2) is 7.87. The number of benzene rings is 2. The molecule has 2 rings (SSSR count). The Kier molecular flexibility index (Phi) is 5.96. The largest absolute Gasteiger partial charge is 0.444 e. The minimum Gasteiger partial charge on any atom is -0.444 e. The van der Waals surface area contributed by atoms with Gasteiger partial charge in [0.15, 0.2) is 0 Å². The lowest BCUT2D eigenvalue weighted by Crippen LogP contribution is -2.27. The summed E-state index contributed by atoms with van der Waals surface area (Å²) in [5, 5.41) is 4.48. The molecule has 0 bridgehead atoms. The lowest BCUT2D eigenvalue weighted by Gasteiger charge is -2.21. The molecule has 0 fully saturated rings. The second-order valence-corrected chi connectivity index (χ2v) is 6.82. The molecule has 0 saturated carbocycles. The number of anilines is 2. The first-order valence-corrected chi connectivity index (χ1v) is 8.14. The van der Waals surface area contributed by atoms with Crippen LogP contribution >= 0.6 is 0 Å². The summed E-state index contributed by atoms with van der Waals surface area (Å²) < 4.78 is 57.9. The van der Waals surface area contributed by atoms with Crippen LogP contribution in [0.5, 0.6) is 0 Å². The number of rotatable bonds is 3. The highest BCUT2D eigenvalue weighted by molar-refractivity contribution is 6.07. The second-order valence-electron chi connectivity index (χ2n) is 6.82. The van der Waals surface area contributed by atoms with Crippen LogP contribution in [0.3, 0.4) is 0 Å². The summed E-state index contributed by atoms with van der Waals surface area (Å²) in [4.78, 5) is 24.2. The van der Waals surface area contributed by atoms with Gasteiger partial charge in [-0.2, -0.15) is 13.2 Å². The minimum atomic E-state index is -4.68. The first-order valence-electron chi connectivity index (χ1n) is 8.14. The van der Waals surface area contributed by atoms with Gasteiger partial charge in [-0.15, -0.1) is 0 Å². The van der Waals surface area contributed by atoms with Crippen LogP contribution < -0.4 is 10.6 Å². The molecule has 0 heterocycles. The van der Waals surface area contributed by atoms with E-state index in [0.29, 0.717) is 6.07 Å². The van der Waals surface area contributed by atoms with Crippen molar-refractivity contribution in [2.24, 2.45) is 0 Å². The molecule has 0 radical (unpaired) electrons. The highest BCUT2D eigenvalue weighted by Gasteiger charge is 2.31. The molecular weight excluding hydrogens is 380 g/mol. The summed E-state index contributed by atoms with van der Waals surface area (Å²) in [6.45, 7) is 4.83. The number of carbonyl (C=O) groups excluding carboxylic acids is 2. The molecule has 0 unspecified atom stereocenters. The van der Waals surface area contributed by atoms with E-state index in [2.05, 4.69) is 10.6 Å². The van der Waals surface area contributed by atoms with Crippen molar-refractivity contribution in [3.63, 3.8) is 0 Å². The van der Waals surface area contributed by atoms with Gasteiger partial charge in [0.05, 0.1) is 22.5 Å². The van der Waals surface area contributed by atoms with Crippen LogP contribution in [0, 0.1) is 5.82 Å². The Bertz CT molecular complexity index is 889. The zero-order chi connectivity index (χ0) is 21.1. The third-order valence-corrected chi connectivity index (χ3v) is 3.35. The summed E-state index contributed by atoms with van der Waals surface area (Å²) in [5.41, 5.74) is -2.73. The Labute approximate surface area is 158 Å². The van der Waals surface area contributed by atoms with Gasteiger partial charge in [-0.05, 0) is 51.1 Å². The summed E-state index contributed by atoms with van der Waals surface area (Å²) in [5.74, 6) is -1.81. The number of hydrogen-bond donors (Lipinski definition) is 2. The highest BCUT2D eigenvalue weighted by Crippen LogP contribution is 2.34. The molecule has 5 nitrogen and oxygen atoms in total. The van der Waals surface area contributed by atoms with Crippen molar-refractivity contribution in [1.82, 2.24) is 0 Å². The van der Waals surface area contributed by atoms with Crippen LogP contribution in [-0.2, 0) is 10.9 Å². The summed E-state index contributed by atoms with van der Waals surface area (Å²) in [6, 6.07) is 7.36. The van der Waals surface area contributed by atoms with Crippen LogP contribution in [0.1, 0.15) is 36.7 Å². The van der Waals surface area contributed by atoms with E-state index >= 15 is 0 Å². The zero-order valence-corrected chi connectivity index (χ0v) is 15.3. The van der Waals surface area contributed by atoms with Crippen molar-refractivity contribution in [3.05, 3.63) is 59.4 Å². The Morgan fingerprint density at radius 2 is 1.57 bits per heavy atom. The predicted octanol–water partition coefficient (Wildman–Crippen LogP) is 5.44. The molecule has 0 saturated heterocycles. The molecule has 0 aliphatic rings. The van der Waals surface area contributed by atoms with Crippen LogP contribution in [0.4, 0.5) is 33.7 Å². The standard InChI is InChI=1S/C19H18F4N2O3/c1-18(2,3)28-17(27)25-14-9-8-11(19(21,22)23)10-15(14)24-16(26)12-6-4-5-7-13(12)20/h4-10H,1-3H3,(H,24,26)(H,25,27). The number of ether oxygens (including phenoxy) is 1. The Morgan fingerprint density at radius 1 is 0.929 bits per heavy atom. The molecule has 2 N–H and O–H groups in total. The highest BCUT2D eigenvalue weighted by atomic mass is 19.4. The normalized spacial score (nSPS) is 11.7. The Morgan fingerprint density at radius 3 is 2.14 bits per heavy atom. The lowest BCUT2D eigenvalue weighted by atomic mass is 10.1. The molecule has 0 aromatic heterocycles. The summed E-state index contributed by atoms with van der Waals surface area (Å²) in [6.07, 6.45) is -5.60. The van der Waals surface area contributed by atoms with E-state index in [1.807, 2.05) is 0 Å². The monoisotopic (exact) mass is 398 g/mol. The van der Waals surface area contributed by atoms with Crippen LogP contribution in [0.25, 0.3) is 0 Å². The van der Waals surface area contributed by atoms with Crippen molar-refractivity contribution < 1.29 is 31.9 Å². The maximum Gasteiger partial charge on any atom is 0.416 e. The van der Waals surface area contributed by atoms with Gasteiger partial charge < -0.3 is 10.1 Å². The number of hydrogen-bond acceptors (Lipinski definition) is 3. The first kappa shape index (κ1) is 21.2. The van der Waals surface area contributed by atoms with Crippen molar-refractivity contribution >= 4 is 23.4 Å². The van der Waals surface area contributed by atoms with Gasteiger partial charge in [0.25, 0.3) is 5.91 Å². The van der Waals surface area contributed by atoms with Gasteiger partial charge in [-0.25, -0.2) is 9.18 Å². The van der Waals surface area contributed by atoms with E-state index in [1.54, 1.807) is 20.8 Å². The molecule has 9 heteroatoms. The van der Waals surface area contributed by atoms with Crippen molar-refractivity contribution in [2.75, 3.05) is 10.6 Å². The zero-order valence-electron chi connectivity index (χ0n) is 15.3. The molecule has 0 spiro atoms. The average molecular weight is 398 g/mol. The predicted molar refractivity (Wildman–Crippen MR) is 95.7 cm³/mol. The SMILES string of the molecule is CC(C)(C)OC(=O)Nc1ccc(C(F)(F)F)cc1NC(=O)c1ccccc1F. The van der Waals surface area contributed by atoms with Crippen molar-refractivity contribution in [2.45, 2.75) is 32.5 Å². The summed E-state index contributed by atoms with van der Waals surface area (Å²) in [7, 11) is 0. The van der Waals surface area contributed by atoms with Gasteiger partial charge in [0.2, 0.25) is 0 Å². The smallest absolute Gasteiger partial charge is 0.416 e. The first-order chi connectivity index (χ1) is 12.9. The third-order valence-electron chi connectivity index (χ3n) is 3.35. The molecule has 2 aromatic rings. The lowest BCUT2D eigenvalue weighted by molar-refractivity contribution is -0.137. The van der Waals surface area contributed by atoms with E-state index < -0.39 is 35.2 Å². The van der Waals surface area contributed by atoms with E-state index in [-0.39, 0.29) is 16.9 Å². The van der Waals surface area contributed by atoms with Gasteiger partial charge in [0, 0.05) is 0 Å². The number of nitrogens with one attached hydrogen (secondary N) is 2. The maximum atomic E-state index is 13.8. The number of carbonyl (C=O) groups is 2. The van der Waals surface area contributed by atoms with E-state index in [0.717, 1.165) is 18.2 Å². The van der Waals surface area contributed by atoms with Crippen LogP contribution in [0.15, 0.2) is 42.5 Å². The number of amides is 2. The fraction of sp³-hybridized carbons (Fsp3) is 0.263. The van der Waals surface area contributed by atoms with Gasteiger partial charge in [-0.1, -0.05) is 12.1 Å². The number of alkyl halides is 3. The summed E-state index contributed by atoms with van der Waals surface area (Å²) >= 11 is 0. The van der Waals surface area contributed by atoms with E-state index in [1.165, 1.54) is 18.2 Å². The maximum absolute atomic E-state index is 13.8. The minimum absolute atomic E-state index is 0.132. The molecule has 0 atom stereocenters. The Balaban J connectivity index is 2.36. The molecule has 2 aromatic carbocycles. The van der Waals surface area contributed by atoms with E-state index in [4.69, 9.17) is 4.74 Å². The molecule has 2 amide bonds. The molecule has 0 aliphatic carbocycles. The average Bonchev–Trinajstić information content (AvgIpc) is 2.54. The van der Waals surface area contributed by atoms with E-state index in [9.17, 15) is 27.2 Å². The van der Waals surface area contributed by atoms with Gasteiger partial charge in [-0.3, -0.25) is 10.1 Å². The topological polar surface area (TPSA) is 67.4 Å². The van der Waals surface area contributed by atoms with Crippen LogP contribution in [-0.4, -0.2) is 17.6 Å². The fourth-order valence-corrected chi connectivity index (χ4v) is 2.18. The van der Waals surface area contributed by atoms with Crippen molar-refractivity contribution in [1.29, 1.82) is 0 Å². The molecule has 28 heavy (non-hydrogen) atoms. The molecular formula is C19H18F4N2O3. The van der Waals surface area contributed by atoms with Gasteiger partial charge in [0.1, 0.15) is 11.4 Å². The van der Waals surface area contributed by atoms with Crippen LogP contribution in [0.2, 0.25) is 0 Å². The fourth-order valence-electron chi connectivity index (χ4n) is 2.18. The Hall–Kier alpha value is -3.10. The molecule has 150 valence electrons. The van der Waals surface area contributed by atoms with Crippen molar-refractivity contribution in [3.8, 4) is 0 Å². The quantitative estimate of drug-likeness (QED) is 0.676.